The number of hydrogen-bond acceptors (Lipinski definition) is 2. The van der Waals surface area contributed by atoms with Crippen molar-refractivity contribution in [2.75, 3.05) is 13.2 Å². The number of hydrogen-bond donors (Lipinski definition) is 1. The van der Waals surface area contributed by atoms with Gasteiger partial charge < -0.3 is 10.1 Å². The third-order valence-corrected chi connectivity index (χ3v) is 3.71. The van der Waals surface area contributed by atoms with Crippen molar-refractivity contribution in [2.24, 2.45) is 5.92 Å². The predicted octanol–water partition coefficient (Wildman–Crippen LogP) is 3.32. The molecule has 1 heterocycles. The van der Waals surface area contributed by atoms with E-state index in [1.165, 1.54) is 17.5 Å². The third-order valence-electron chi connectivity index (χ3n) is 3.71. The van der Waals surface area contributed by atoms with Gasteiger partial charge in [0.2, 0.25) is 0 Å². The lowest BCUT2D eigenvalue weighted by molar-refractivity contribution is 0.356. The van der Waals surface area contributed by atoms with Gasteiger partial charge in [-0.15, -0.1) is 0 Å². The Labute approximate surface area is 104 Å². The van der Waals surface area contributed by atoms with E-state index < -0.39 is 0 Å². The van der Waals surface area contributed by atoms with Crippen molar-refractivity contribution < 1.29 is 4.74 Å². The molecule has 94 valence electrons. The first-order valence-corrected chi connectivity index (χ1v) is 6.75. The predicted molar refractivity (Wildman–Crippen MR) is 71.5 cm³/mol. The fraction of sp³-hybridized carbons (Fsp3) is 0.600. The van der Waals surface area contributed by atoms with E-state index in [4.69, 9.17) is 4.74 Å². The average molecular weight is 233 g/mol. The summed E-state index contributed by atoms with van der Waals surface area (Å²) in [6, 6.07) is 7.13. The second-order valence-corrected chi connectivity index (χ2v) is 4.89. The van der Waals surface area contributed by atoms with Gasteiger partial charge in [0.05, 0.1) is 6.61 Å². The maximum absolute atomic E-state index is 5.56. The molecule has 17 heavy (non-hydrogen) atoms. The number of benzene rings is 1. The zero-order chi connectivity index (χ0) is 12.3. The lowest BCUT2D eigenvalue weighted by atomic mass is 9.91. The zero-order valence-corrected chi connectivity index (χ0v) is 11.1. The molecule has 0 saturated heterocycles. The van der Waals surface area contributed by atoms with Gasteiger partial charge in [0.25, 0.3) is 0 Å². The summed E-state index contributed by atoms with van der Waals surface area (Å²) in [7, 11) is 0. The normalized spacial score (nSPS) is 17.4. The van der Waals surface area contributed by atoms with Gasteiger partial charge in [-0.1, -0.05) is 39.3 Å². The molecule has 2 nitrogen and oxygen atoms in total. The Morgan fingerprint density at radius 2 is 2.18 bits per heavy atom. The van der Waals surface area contributed by atoms with Crippen LogP contribution in [0.25, 0.3) is 0 Å². The first-order chi connectivity index (χ1) is 8.26. The Morgan fingerprint density at radius 3 is 2.88 bits per heavy atom. The van der Waals surface area contributed by atoms with Crippen LogP contribution in [0.15, 0.2) is 18.2 Å². The summed E-state index contributed by atoms with van der Waals surface area (Å²) in [5.74, 6) is 1.74. The maximum Gasteiger partial charge on any atom is 0.122 e. The van der Waals surface area contributed by atoms with Crippen molar-refractivity contribution in [3.8, 4) is 5.75 Å². The van der Waals surface area contributed by atoms with Crippen LogP contribution in [0, 0.1) is 5.92 Å². The monoisotopic (exact) mass is 233 g/mol. The Balaban J connectivity index is 2.23. The molecule has 0 aliphatic carbocycles. The molecule has 1 N–H and O–H groups in total. The van der Waals surface area contributed by atoms with Crippen LogP contribution in [-0.2, 0) is 6.42 Å². The van der Waals surface area contributed by atoms with Crippen LogP contribution in [0.2, 0.25) is 0 Å². The summed E-state index contributed by atoms with van der Waals surface area (Å²) in [5.41, 5.74) is 2.78. The maximum atomic E-state index is 5.56. The van der Waals surface area contributed by atoms with Crippen molar-refractivity contribution in [1.82, 2.24) is 5.32 Å². The summed E-state index contributed by atoms with van der Waals surface area (Å²) in [6.45, 7) is 8.60. The molecule has 0 saturated carbocycles. The summed E-state index contributed by atoms with van der Waals surface area (Å²) in [4.78, 5) is 0. The molecule has 2 atom stereocenters. The Hall–Kier alpha value is -1.02. The highest BCUT2D eigenvalue weighted by atomic mass is 16.5. The minimum atomic E-state index is 0.468. The molecule has 2 rings (SSSR count). The third kappa shape index (κ3) is 2.63. The summed E-state index contributed by atoms with van der Waals surface area (Å²) in [6.07, 6.45) is 2.26. The summed E-state index contributed by atoms with van der Waals surface area (Å²) in [5, 5.41) is 3.60. The van der Waals surface area contributed by atoms with Crippen LogP contribution in [0.1, 0.15) is 44.4 Å². The Kier molecular flexibility index (Phi) is 4.06. The molecule has 0 radical (unpaired) electrons. The van der Waals surface area contributed by atoms with E-state index in [0.717, 1.165) is 25.3 Å². The highest BCUT2D eigenvalue weighted by molar-refractivity contribution is 5.40. The highest BCUT2D eigenvalue weighted by Crippen LogP contribution is 2.31. The van der Waals surface area contributed by atoms with Gasteiger partial charge in [0, 0.05) is 12.5 Å². The van der Waals surface area contributed by atoms with Gasteiger partial charge in [-0.3, -0.25) is 0 Å². The first kappa shape index (κ1) is 12.4. The second kappa shape index (κ2) is 5.54. The van der Waals surface area contributed by atoms with E-state index in [2.05, 4.69) is 44.3 Å². The van der Waals surface area contributed by atoms with Crippen LogP contribution in [-0.4, -0.2) is 13.2 Å². The van der Waals surface area contributed by atoms with Crippen molar-refractivity contribution in [3.63, 3.8) is 0 Å². The highest BCUT2D eigenvalue weighted by Gasteiger charge is 2.19. The fourth-order valence-corrected chi connectivity index (χ4v) is 2.50. The van der Waals surface area contributed by atoms with E-state index in [9.17, 15) is 0 Å². The topological polar surface area (TPSA) is 21.3 Å². The molecule has 2 unspecified atom stereocenters. The standard InChI is InChI=1S/C15H23NO/c1-4-11(3)15(16-5-2)13-6-7-14-12(10-13)8-9-17-14/h6-7,10-11,15-16H,4-5,8-9H2,1-3H3. The van der Waals surface area contributed by atoms with Gasteiger partial charge in [-0.2, -0.15) is 0 Å². The molecule has 0 bridgehead atoms. The number of nitrogens with one attached hydrogen (secondary N) is 1. The van der Waals surface area contributed by atoms with Crippen molar-refractivity contribution in [2.45, 2.75) is 39.7 Å². The number of ether oxygens (including phenoxy) is 1. The van der Waals surface area contributed by atoms with Gasteiger partial charge in [-0.05, 0) is 29.7 Å². The lowest BCUT2D eigenvalue weighted by Crippen LogP contribution is -2.26. The molecule has 0 aromatic heterocycles. The molecule has 0 amide bonds. The van der Waals surface area contributed by atoms with Crippen molar-refractivity contribution in [3.05, 3.63) is 29.3 Å². The van der Waals surface area contributed by atoms with E-state index in [0.29, 0.717) is 12.0 Å². The van der Waals surface area contributed by atoms with Crippen LogP contribution >= 0.6 is 0 Å². The number of fused-ring (bicyclic) bond motifs is 1. The molecule has 1 aliphatic rings. The Bertz CT molecular complexity index is 375. The molecule has 2 heteroatoms. The molecule has 1 aromatic rings. The zero-order valence-electron chi connectivity index (χ0n) is 11.1. The van der Waals surface area contributed by atoms with Crippen LogP contribution in [0.3, 0.4) is 0 Å². The second-order valence-electron chi connectivity index (χ2n) is 4.89. The van der Waals surface area contributed by atoms with Gasteiger partial charge in [-0.25, -0.2) is 0 Å². The van der Waals surface area contributed by atoms with Crippen LogP contribution in [0.4, 0.5) is 0 Å². The number of rotatable bonds is 5. The molecular weight excluding hydrogens is 210 g/mol. The molecular formula is C15H23NO. The van der Waals surface area contributed by atoms with E-state index in [-0.39, 0.29) is 0 Å². The summed E-state index contributed by atoms with van der Waals surface area (Å²) >= 11 is 0. The summed E-state index contributed by atoms with van der Waals surface area (Å²) < 4.78 is 5.56. The van der Waals surface area contributed by atoms with Gasteiger partial charge in [0.1, 0.15) is 5.75 Å². The van der Waals surface area contributed by atoms with Crippen LogP contribution in [0.5, 0.6) is 5.75 Å². The van der Waals surface area contributed by atoms with Gasteiger partial charge in [0.15, 0.2) is 0 Å². The SMILES string of the molecule is CCNC(c1ccc2c(c1)CCO2)C(C)CC. The Morgan fingerprint density at radius 1 is 1.35 bits per heavy atom. The van der Waals surface area contributed by atoms with Crippen molar-refractivity contribution >= 4 is 0 Å². The lowest BCUT2D eigenvalue weighted by Gasteiger charge is -2.24. The average Bonchev–Trinajstić information content (AvgIpc) is 2.82. The smallest absolute Gasteiger partial charge is 0.122 e. The van der Waals surface area contributed by atoms with E-state index in [1.54, 1.807) is 0 Å². The molecule has 1 aliphatic heterocycles. The first-order valence-electron chi connectivity index (χ1n) is 6.75. The molecule has 0 fully saturated rings. The largest absolute Gasteiger partial charge is 0.493 e. The van der Waals surface area contributed by atoms with Crippen molar-refractivity contribution in [1.29, 1.82) is 0 Å². The minimum absolute atomic E-state index is 0.468. The molecule has 0 spiro atoms. The fourth-order valence-electron chi connectivity index (χ4n) is 2.50. The van der Waals surface area contributed by atoms with Gasteiger partial charge >= 0.3 is 0 Å². The molecule has 1 aromatic carbocycles. The minimum Gasteiger partial charge on any atom is -0.493 e. The van der Waals surface area contributed by atoms with E-state index >= 15 is 0 Å². The quantitative estimate of drug-likeness (QED) is 0.842. The van der Waals surface area contributed by atoms with Crippen LogP contribution < -0.4 is 10.1 Å². The van der Waals surface area contributed by atoms with E-state index in [1.807, 2.05) is 0 Å².